The number of hydrogen-bond acceptors (Lipinski definition) is 3. The summed E-state index contributed by atoms with van der Waals surface area (Å²) in [5, 5.41) is 11.5. The highest BCUT2D eigenvalue weighted by molar-refractivity contribution is 6.33. The van der Waals surface area contributed by atoms with Crippen LogP contribution in [0.15, 0.2) is 18.2 Å². The van der Waals surface area contributed by atoms with E-state index < -0.39 is 12.0 Å². The molecule has 7 nitrogen and oxygen atoms in total. The molecule has 0 heterocycles. The van der Waals surface area contributed by atoms with Crippen molar-refractivity contribution in [3.05, 3.63) is 28.8 Å². The van der Waals surface area contributed by atoms with Gasteiger partial charge in [-0.3, -0.25) is 4.79 Å². The monoisotopic (exact) mass is 313 g/mol. The fraction of sp³-hybridized carbons (Fsp3) is 0.308. The molecule has 8 heteroatoms. The van der Waals surface area contributed by atoms with Crippen LogP contribution in [0.1, 0.15) is 10.4 Å². The lowest BCUT2D eigenvalue weighted by molar-refractivity contribution is -0.129. The second kappa shape index (κ2) is 6.94. The smallest absolute Gasteiger partial charge is 0.337 e. The van der Waals surface area contributed by atoms with Crippen LogP contribution < -0.4 is 5.32 Å². The van der Waals surface area contributed by atoms with Gasteiger partial charge in [0.05, 0.1) is 10.6 Å². The number of benzene rings is 1. The lowest BCUT2D eigenvalue weighted by atomic mass is 10.2. The van der Waals surface area contributed by atoms with Gasteiger partial charge in [0, 0.05) is 26.8 Å². The van der Waals surface area contributed by atoms with Gasteiger partial charge in [-0.2, -0.15) is 0 Å². The number of nitrogens with zero attached hydrogens (tertiary/aromatic N) is 2. The van der Waals surface area contributed by atoms with Crippen molar-refractivity contribution < 1.29 is 19.5 Å². The first-order valence-electron chi connectivity index (χ1n) is 5.97. The number of carboxylic acid groups (broad SMARTS) is 1. The molecular formula is C13H16ClN3O4. The van der Waals surface area contributed by atoms with Crippen molar-refractivity contribution in [1.82, 2.24) is 9.80 Å². The maximum Gasteiger partial charge on any atom is 0.337 e. The maximum atomic E-state index is 11.9. The molecule has 1 aromatic carbocycles. The van der Waals surface area contributed by atoms with Crippen molar-refractivity contribution in [2.45, 2.75) is 0 Å². The molecule has 0 spiro atoms. The van der Waals surface area contributed by atoms with E-state index in [9.17, 15) is 14.4 Å². The number of aromatic carboxylic acids is 1. The fourth-order valence-corrected chi connectivity index (χ4v) is 1.60. The van der Waals surface area contributed by atoms with Crippen molar-refractivity contribution in [1.29, 1.82) is 0 Å². The Kier molecular flexibility index (Phi) is 5.54. The number of amides is 3. The minimum Gasteiger partial charge on any atom is -0.478 e. The first-order chi connectivity index (χ1) is 9.72. The van der Waals surface area contributed by atoms with Crippen LogP contribution in [0.2, 0.25) is 5.02 Å². The highest BCUT2D eigenvalue weighted by Gasteiger charge is 2.15. The quantitative estimate of drug-likeness (QED) is 0.883. The Labute approximate surface area is 127 Å². The molecule has 0 atom stereocenters. The van der Waals surface area contributed by atoms with Gasteiger partial charge in [0.25, 0.3) is 0 Å². The van der Waals surface area contributed by atoms with Crippen LogP contribution in [0.3, 0.4) is 0 Å². The van der Waals surface area contributed by atoms with Crippen molar-refractivity contribution in [2.24, 2.45) is 0 Å². The standard InChI is InChI=1S/C13H16ClN3O4/c1-16(2)11(18)7-17(3)13(21)15-8-4-5-10(14)9(6-8)12(19)20/h4-6H,7H2,1-3H3,(H,15,21)(H,19,20). The number of carbonyl (C=O) groups is 3. The average molecular weight is 314 g/mol. The molecular weight excluding hydrogens is 298 g/mol. The predicted octanol–water partition coefficient (Wildman–Crippen LogP) is 1.59. The molecule has 2 N–H and O–H groups in total. The van der Waals surface area contributed by atoms with E-state index >= 15 is 0 Å². The van der Waals surface area contributed by atoms with Crippen LogP contribution in [-0.4, -0.2) is 60.5 Å². The number of rotatable bonds is 4. The minimum atomic E-state index is -1.19. The molecule has 0 unspecified atom stereocenters. The number of hydrogen-bond donors (Lipinski definition) is 2. The second-order valence-electron chi connectivity index (χ2n) is 4.57. The summed E-state index contributed by atoms with van der Waals surface area (Å²) in [7, 11) is 4.64. The van der Waals surface area contributed by atoms with Gasteiger partial charge in [-0.25, -0.2) is 9.59 Å². The zero-order valence-electron chi connectivity index (χ0n) is 11.9. The lowest BCUT2D eigenvalue weighted by Gasteiger charge is -2.19. The van der Waals surface area contributed by atoms with E-state index in [1.165, 1.54) is 35.0 Å². The highest BCUT2D eigenvalue weighted by atomic mass is 35.5. The van der Waals surface area contributed by atoms with E-state index in [0.29, 0.717) is 0 Å². The molecule has 0 saturated heterocycles. The zero-order valence-corrected chi connectivity index (χ0v) is 12.6. The second-order valence-corrected chi connectivity index (χ2v) is 4.98. The van der Waals surface area contributed by atoms with Crippen LogP contribution >= 0.6 is 11.6 Å². The van der Waals surface area contributed by atoms with Crippen LogP contribution in [0.25, 0.3) is 0 Å². The SMILES string of the molecule is CN(C)C(=O)CN(C)C(=O)Nc1ccc(Cl)c(C(=O)O)c1. The molecule has 0 radical (unpaired) electrons. The fourth-order valence-electron chi connectivity index (χ4n) is 1.40. The molecule has 0 aliphatic heterocycles. The third kappa shape index (κ3) is 4.64. The van der Waals surface area contributed by atoms with Crippen LogP contribution in [0.5, 0.6) is 0 Å². The Hall–Kier alpha value is -2.28. The normalized spacial score (nSPS) is 9.90. The molecule has 0 aromatic heterocycles. The number of nitrogens with one attached hydrogen (secondary N) is 1. The number of carboxylic acids is 1. The molecule has 0 aliphatic carbocycles. The van der Waals surface area contributed by atoms with E-state index in [0.717, 1.165) is 0 Å². The predicted molar refractivity (Wildman–Crippen MR) is 78.8 cm³/mol. The molecule has 0 fully saturated rings. The van der Waals surface area contributed by atoms with Gasteiger partial charge in [0.1, 0.15) is 6.54 Å². The summed E-state index contributed by atoms with van der Waals surface area (Å²) >= 11 is 5.74. The Morgan fingerprint density at radius 1 is 1.24 bits per heavy atom. The van der Waals surface area contributed by atoms with Crippen molar-refractivity contribution in [3.63, 3.8) is 0 Å². The van der Waals surface area contributed by atoms with Crippen molar-refractivity contribution in [2.75, 3.05) is 33.0 Å². The van der Waals surface area contributed by atoms with Gasteiger partial charge in [-0.1, -0.05) is 11.6 Å². The zero-order chi connectivity index (χ0) is 16.2. The molecule has 0 saturated carbocycles. The van der Waals surface area contributed by atoms with E-state index in [1.54, 1.807) is 14.1 Å². The Bertz CT molecular complexity index is 575. The third-order valence-corrected chi connectivity index (χ3v) is 3.00. The summed E-state index contributed by atoms with van der Waals surface area (Å²) in [5.74, 6) is -1.41. The third-order valence-electron chi connectivity index (χ3n) is 2.67. The van der Waals surface area contributed by atoms with Gasteiger partial charge in [0.2, 0.25) is 5.91 Å². The highest BCUT2D eigenvalue weighted by Crippen LogP contribution is 2.20. The Balaban J connectivity index is 2.77. The van der Waals surface area contributed by atoms with Crippen molar-refractivity contribution >= 4 is 35.2 Å². The first kappa shape index (κ1) is 16.8. The summed E-state index contributed by atoms with van der Waals surface area (Å²) < 4.78 is 0. The summed E-state index contributed by atoms with van der Waals surface area (Å²) in [6.45, 7) is -0.0851. The summed E-state index contributed by atoms with van der Waals surface area (Å²) in [5.41, 5.74) is 0.174. The largest absolute Gasteiger partial charge is 0.478 e. The number of likely N-dealkylation sites (N-methyl/N-ethyl adjacent to an activating group) is 2. The van der Waals surface area contributed by atoms with Crippen LogP contribution in [-0.2, 0) is 4.79 Å². The van der Waals surface area contributed by atoms with Gasteiger partial charge >= 0.3 is 12.0 Å². The Morgan fingerprint density at radius 3 is 2.38 bits per heavy atom. The first-order valence-corrected chi connectivity index (χ1v) is 6.35. The number of halogens is 1. The molecule has 1 rings (SSSR count). The van der Waals surface area contributed by atoms with E-state index in [-0.39, 0.29) is 28.7 Å². The van der Waals surface area contributed by atoms with Crippen LogP contribution in [0, 0.1) is 0 Å². The molecule has 0 aliphatic rings. The van der Waals surface area contributed by atoms with Gasteiger partial charge in [-0.05, 0) is 18.2 Å². The van der Waals surface area contributed by atoms with E-state index in [4.69, 9.17) is 16.7 Å². The number of anilines is 1. The molecule has 1 aromatic rings. The Morgan fingerprint density at radius 2 is 1.86 bits per heavy atom. The average Bonchev–Trinajstić information content (AvgIpc) is 2.40. The van der Waals surface area contributed by atoms with Gasteiger partial charge in [-0.15, -0.1) is 0 Å². The maximum absolute atomic E-state index is 11.9. The van der Waals surface area contributed by atoms with Crippen LogP contribution in [0.4, 0.5) is 10.5 Å². The molecule has 114 valence electrons. The number of urea groups is 1. The van der Waals surface area contributed by atoms with Gasteiger partial charge < -0.3 is 20.2 Å². The van der Waals surface area contributed by atoms with Gasteiger partial charge in [0.15, 0.2) is 0 Å². The van der Waals surface area contributed by atoms with Crippen molar-refractivity contribution in [3.8, 4) is 0 Å². The summed E-state index contributed by atoms with van der Waals surface area (Å²) in [6, 6.07) is 3.59. The summed E-state index contributed by atoms with van der Waals surface area (Å²) in [6.07, 6.45) is 0. The molecule has 21 heavy (non-hydrogen) atoms. The van der Waals surface area contributed by atoms with E-state index in [1.807, 2.05) is 0 Å². The molecule has 3 amide bonds. The molecule has 0 bridgehead atoms. The topological polar surface area (TPSA) is 90.0 Å². The van der Waals surface area contributed by atoms with E-state index in [2.05, 4.69) is 5.32 Å². The lowest BCUT2D eigenvalue weighted by Crippen LogP contribution is -2.39. The number of carbonyl (C=O) groups excluding carboxylic acids is 2. The minimum absolute atomic E-state index is 0.0802. The summed E-state index contributed by atoms with van der Waals surface area (Å²) in [4.78, 5) is 36.9.